The first-order valence-corrected chi connectivity index (χ1v) is 7.02. The molecule has 1 fully saturated rings. The summed E-state index contributed by atoms with van der Waals surface area (Å²) < 4.78 is 0. The van der Waals surface area contributed by atoms with Gasteiger partial charge >= 0.3 is 0 Å². The highest BCUT2D eigenvalue weighted by Gasteiger charge is 2.23. The lowest BCUT2D eigenvalue weighted by molar-refractivity contribution is -0.131. The zero-order valence-electron chi connectivity index (χ0n) is 12.3. The molecule has 1 amide bonds. The number of hydrogen-bond donors (Lipinski definition) is 2. The first kappa shape index (κ1) is 14.7. The summed E-state index contributed by atoms with van der Waals surface area (Å²) in [6.45, 7) is 5.00. The number of piperidine rings is 1. The highest BCUT2D eigenvalue weighted by atomic mass is 16.2. The van der Waals surface area contributed by atoms with Crippen LogP contribution < -0.4 is 10.9 Å². The molecule has 2 N–H and O–H groups in total. The van der Waals surface area contributed by atoms with Crippen molar-refractivity contribution >= 4 is 5.91 Å². The summed E-state index contributed by atoms with van der Waals surface area (Å²) in [4.78, 5) is 33.0. The normalized spacial score (nSPS) is 19.1. The van der Waals surface area contributed by atoms with E-state index < -0.39 is 0 Å². The Morgan fingerprint density at radius 1 is 1.50 bits per heavy atom. The summed E-state index contributed by atoms with van der Waals surface area (Å²) in [5, 5.41) is 3.21. The number of carbonyl (C=O) groups is 1. The predicted molar refractivity (Wildman–Crippen MR) is 76.7 cm³/mol. The molecule has 0 saturated carbocycles. The van der Waals surface area contributed by atoms with E-state index in [9.17, 15) is 9.59 Å². The SMILES string of the molecule is CNC1CCCN(C(=O)Cc2c(C)nc(C)[nH]c2=O)C1. The van der Waals surface area contributed by atoms with E-state index in [1.165, 1.54) is 0 Å². The number of amides is 1. The van der Waals surface area contributed by atoms with Crippen molar-refractivity contribution in [3.8, 4) is 0 Å². The molecule has 0 bridgehead atoms. The van der Waals surface area contributed by atoms with E-state index in [1.54, 1.807) is 13.8 Å². The van der Waals surface area contributed by atoms with Crippen molar-refractivity contribution in [1.29, 1.82) is 0 Å². The molecular formula is C14H22N4O2. The second kappa shape index (κ2) is 6.17. The van der Waals surface area contributed by atoms with E-state index in [2.05, 4.69) is 15.3 Å². The van der Waals surface area contributed by atoms with Gasteiger partial charge in [0.15, 0.2) is 0 Å². The Labute approximate surface area is 118 Å². The molecule has 1 atom stereocenters. The number of aromatic nitrogens is 2. The maximum Gasteiger partial charge on any atom is 0.254 e. The molecule has 6 nitrogen and oxygen atoms in total. The number of aromatic amines is 1. The van der Waals surface area contributed by atoms with E-state index in [-0.39, 0.29) is 17.9 Å². The van der Waals surface area contributed by atoms with Gasteiger partial charge in [0.1, 0.15) is 5.82 Å². The van der Waals surface area contributed by atoms with Gasteiger partial charge in [-0.1, -0.05) is 0 Å². The molecule has 20 heavy (non-hydrogen) atoms. The molecule has 1 aliphatic rings. The molecule has 1 aliphatic heterocycles. The Kier molecular flexibility index (Phi) is 4.54. The third-order valence-corrected chi connectivity index (χ3v) is 3.85. The molecule has 110 valence electrons. The second-order valence-corrected chi connectivity index (χ2v) is 5.36. The minimum atomic E-state index is -0.203. The van der Waals surface area contributed by atoms with Crippen molar-refractivity contribution in [2.45, 2.75) is 39.2 Å². The fourth-order valence-corrected chi connectivity index (χ4v) is 2.66. The lowest BCUT2D eigenvalue weighted by Gasteiger charge is -2.32. The Morgan fingerprint density at radius 3 is 2.90 bits per heavy atom. The maximum absolute atomic E-state index is 12.3. The van der Waals surface area contributed by atoms with Crippen LogP contribution in [0.3, 0.4) is 0 Å². The summed E-state index contributed by atoms with van der Waals surface area (Å²) in [7, 11) is 1.91. The predicted octanol–water partition coefficient (Wildman–Crippen LogP) is 0.140. The van der Waals surface area contributed by atoms with Crippen molar-refractivity contribution in [1.82, 2.24) is 20.2 Å². The Bertz CT molecular complexity index is 553. The van der Waals surface area contributed by atoms with Gasteiger partial charge in [-0.2, -0.15) is 0 Å². The first-order valence-electron chi connectivity index (χ1n) is 7.02. The minimum Gasteiger partial charge on any atom is -0.341 e. The highest BCUT2D eigenvalue weighted by molar-refractivity contribution is 5.79. The summed E-state index contributed by atoms with van der Waals surface area (Å²) in [6.07, 6.45) is 2.22. The van der Waals surface area contributed by atoms with Gasteiger partial charge in [-0.05, 0) is 33.7 Å². The topological polar surface area (TPSA) is 78.1 Å². The monoisotopic (exact) mass is 278 g/mol. The average Bonchev–Trinajstić information content (AvgIpc) is 2.42. The van der Waals surface area contributed by atoms with E-state index in [4.69, 9.17) is 0 Å². The van der Waals surface area contributed by atoms with Crippen LogP contribution in [0.1, 0.15) is 29.9 Å². The van der Waals surface area contributed by atoms with Gasteiger partial charge in [0.05, 0.1) is 6.42 Å². The quantitative estimate of drug-likeness (QED) is 0.824. The number of rotatable bonds is 3. The fraction of sp³-hybridized carbons (Fsp3) is 0.643. The van der Waals surface area contributed by atoms with Crippen LogP contribution in [0.2, 0.25) is 0 Å². The minimum absolute atomic E-state index is 0.00389. The Hall–Kier alpha value is -1.69. The summed E-state index contributed by atoms with van der Waals surface area (Å²) >= 11 is 0. The third-order valence-electron chi connectivity index (χ3n) is 3.85. The number of carbonyl (C=O) groups excluding carboxylic acids is 1. The molecule has 0 spiro atoms. The molecule has 0 aromatic carbocycles. The lowest BCUT2D eigenvalue weighted by Crippen LogP contribution is -2.47. The number of H-pyrrole nitrogens is 1. The van der Waals surface area contributed by atoms with Crippen LogP contribution in [0.4, 0.5) is 0 Å². The zero-order chi connectivity index (χ0) is 14.7. The molecule has 1 unspecified atom stereocenters. The largest absolute Gasteiger partial charge is 0.341 e. The molecule has 1 aromatic rings. The maximum atomic E-state index is 12.3. The Balaban J connectivity index is 2.10. The molecule has 2 heterocycles. The molecule has 2 rings (SSSR count). The van der Waals surface area contributed by atoms with Crippen molar-refractivity contribution in [2.75, 3.05) is 20.1 Å². The molecular weight excluding hydrogens is 256 g/mol. The van der Waals surface area contributed by atoms with Gasteiger partial charge in [0, 0.05) is 30.4 Å². The van der Waals surface area contributed by atoms with Crippen LogP contribution in [-0.2, 0) is 11.2 Å². The van der Waals surface area contributed by atoms with Gasteiger partial charge in [0.25, 0.3) is 5.56 Å². The molecule has 0 aliphatic carbocycles. The van der Waals surface area contributed by atoms with Crippen LogP contribution >= 0.6 is 0 Å². The van der Waals surface area contributed by atoms with Crippen LogP contribution in [-0.4, -0.2) is 47.0 Å². The number of hydrogen-bond acceptors (Lipinski definition) is 4. The molecule has 0 radical (unpaired) electrons. The Morgan fingerprint density at radius 2 is 2.25 bits per heavy atom. The van der Waals surface area contributed by atoms with Gasteiger partial charge in [-0.15, -0.1) is 0 Å². The highest BCUT2D eigenvalue weighted by Crippen LogP contribution is 2.12. The fourth-order valence-electron chi connectivity index (χ4n) is 2.66. The lowest BCUT2D eigenvalue weighted by atomic mass is 10.0. The van der Waals surface area contributed by atoms with Crippen LogP contribution in [0.5, 0.6) is 0 Å². The molecule has 6 heteroatoms. The number of likely N-dealkylation sites (tertiary alicyclic amines) is 1. The number of nitrogens with zero attached hydrogens (tertiary/aromatic N) is 2. The van der Waals surface area contributed by atoms with Crippen LogP contribution in [0.25, 0.3) is 0 Å². The average molecular weight is 278 g/mol. The second-order valence-electron chi connectivity index (χ2n) is 5.36. The first-order chi connectivity index (χ1) is 9.51. The van der Waals surface area contributed by atoms with Crippen molar-refractivity contribution < 1.29 is 4.79 Å². The van der Waals surface area contributed by atoms with Crippen LogP contribution in [0, 0.1) is 13.8 Å². The van der Waals surface area contributed by atoms with Gasteiger partial charge in [0.2, 0.25) is 5.91 Å². The smallest absolute Gasteiger partial charge is 0.254 e. The van der Waals surface area contributed by atoms with Crippen molar-refractivity contribution in [3.05, 3.63) is 27.4 Å². The van der Waals surface area contributed by atoms with Crippen molar-refractivity contribution in [3.63, 3.8) is 0 Å². The summed E-state index contributed by atoms with van der Waals surface area (Å²) in [5.41, 5.74) is 0.916. The molecule has 1 saturated heterocycles. The van der Waals surface area contributed by atoms with Gasteiger partial charge in [-0.3, -0.25) is 9.59 Å². The number of aryl methyl sites for hydroxylation is 2. The summed E-state index contributed by atoms with van der Waals surface area (Å²) in [5.74, 6) is 0.584. The third kappa shape index (κ3) is 3.25. The molecule has 1 aromatic heterocycles. The van der Waals surface area contributed by atoms with E-state index >= 15 is 0 Å². The van der Waals surface area contributed by atoms with Gasteiger partial charge in [-0.25, -0.2) is 4.98 Å². The van der Waals surface area contributed by atoms with E-state index in [1.807, 2.05) is 11.9 Å². The van der Waals surface area contributed by atoms with Gasteiger partial charge < -0.3 is 15.2 Å². The standard InChI is InChI=1S/C14H22N4O2/c1-9-12(14(20)17-10(2)16-9)7-13(19)18-6-4-5-11(8-18)15-3/h11,15H,4-8H2,1-3H3,(H,16,17,20). The zero-order valence-corrected chi connectivity index (χ0v) is 12.3. The van der Waals surface area contributed by atoms with E-state index in [0.717, 1.165) is 19.4 Å². The van der Waals surface area contributed by atoms with Crippen LogP contribution in [0.15, 0.2) is 4.79 Å². The van der Waals surface area contributed by atoms with Crippen molar-refractivity contribution in [2.24, 2.45) is 0 Å². The number of likely N-dealkylation sites (N-methyl/N-ethyl adjacent to an activating group) is 1. The summed E-state index contributed by atoms with van der Waals surface area (Å²) in [6, 6.07) is 0.350. The van der Waals surface area contributed by atoms with E-state index in [0.29, 0.717) is 29.7 Å². The number of nitrogens with one attached hydrogen (secondary N) is 2.